The molecule has 5 heteroatoms. The molecule has 3 unspecified atom stereocenters. The maximum absolute atomic E-state index is 5.50. The van der Waals surface area contributed by atoms with Crippen LogP contribution in [0, 0.1) is 11.8 Å². The lowest BCUT2D eigenvalue weighted by Gasteiger charge is -2.32. The summed E-state index contributed by atoms with van der Waals surface area (Å²) in [6, 6.07) is 1.60. The Hall–Kier alpha value is -1.10. The SMILES string of the molecule is C1CCN2CC3CN(c4nc(C5CC5)no4)CC3C2C1. The largest absolute Gasteiger partial charge is 0.324 e. The first-order chi connectivity index (χ1) is 9.88. The molecule has 0 N–H and O–H groups in total. The molecule has 1 aliphatic carbocycles. The molecule has 20 heavy (non-hydrogen) atoms. The van der Waals surface area contributed by atoms with Crippen LogP contribution in [0.15, 0.2) is 4.52 Å². The Morgan fingerprint density at radius 2 is 2.00 bits per heavy atom. The number of fused-ring (bicyclic) bond motifs is 3. The molecule has 3 saturated heterocycles. The second kappa shape index (κ2) is 4.20. The van der Waals surface area contributed by atoms with Crippen molar-refractivity contribution in [2.75, 3.05) is 31.1 Å². The molecule has 1 aromatic heterocycles. The van der Waals surface area contributed by atoms with Crippen LogP contribution in [0.3, 0.4) is 0 Å². The quantitative estimate of drug-likeness (QED) is 0.824. The van der Waals surface area contributed by atoms with Gasteiger partial charge in [-0.15, -0.1) is 0 Å². The van der Waals surface area contributed by atoms with Gasteiger partial charge in [0, 0.05) is 31.6 Å². The number of anilines is 1. The van der Waals surface area contributed by atoms with E-state index in [-0.39, 0.29) is 0 Å². The first-order valence-electron chi connectivity index (χ1n) is 8.21. The van der Waals surface area contributed by atoms with Crippen molar-refractivity contribution in [3.63, 3.8) is 0 Å². The van der Waals surface area contributed by atoms with Gasteiger partial charge in [-0.05, 0) is 44.1 Å². The van der Waals surface area contributed by atoms with Gasteiger partial charge in [-0.2, -0.15) is 4.98 Å². The minimum Gasteiger partial charge on any atom is -0.324 e. The van der Waals surface area contributed by atoms with Gasteiger partial charge in [0.15, 0.2) is 5.82 Å². The summed E-state index contributed by atoms with van der Waals surface area (Å²) in [4.78, 5) is 9.70. The molecule has 1 aromatic rings. The average Bonchev–Trinajstić information content (AvgIpc) is 2.93. The Bertz CT molecular complexity index is 512. The molecule has 4 aliphatic rings. The summed E-state index contributed by atoms with van der Waals surface area (Å²) in [5.41, 5.74) is 0. The summed E-state index contributed by atoms with van der Waals surface area (Å²) in [5.74, 6) is 3.17. The monoisotopic (exact) mass is 274 g/mol. The predicted molar refractivity (Wildman–Crippen MR) is 74.7 cm³/mol. The average molecular weight is 274 g/mol. The van der Waals surface area contributed by atoms with E-state index in [0.29, 0.717) is 5.92 Å². The summed E-state index contributed by atoms with van der Waals surface area (Å²) >= 11 is 0. The van der Waals surface area contributed by atoms with E-state index in [1.54, 1.807) is 0 Å². The Labute approximate surface area is 119 Å². The highest BCUT2D eigenvalue weighted by molar-refractivity contribution is 5.30. The van der Waals surface area contributed by atoms with E-state index in [0.717, 1.165) is 42.8 Å². The molecule has 1 saturated carbocycles. The summed E-state index contributed by atoms with van der Waals surface area (Å²) < 4.78 is 5.50. The topological polar surface area (TPSA) is 45.4 Å². The van der Waals surface area contributed by atoms with Crippen LogP contribution in [0.4, 0.5) is 6.01 Å². The zero-order chi connectivity index (χ0) is 13.1. The molecule has 0 spiro atoms. The first-order valence-corrected chi connectivity index (χ1v) is 8.21. The van der Waals surface area contributed by atoms with E-state index in [2.05, 4.69) is 19.9 Å². The first kappa shape index (κ1) is 11.5. The maximum atomic E-state index is 5.50. The zero-order valence-electron chi connectivity index (χ0n) is 11.9. The van der Waals surface area contributed by atoms with Crippen LogP contribution in [-0.4, -0.2) is 47.3 Å². The zero-order valence-corrected chi connectivity index (χ0v) is 11.9. The summed E-state index contributed by atoms with van der Waals surface area (Å²) in [6.45, 7) is 4.85. The lowest BCUT2D eigenvalue weighted by Crippen LogP contribution is -2.39. The van der Waals surface area contributed by atoms with Gasteiger partial charge in [-0.1, -0.05) is 11.6 Å². The van der Waals surface area contributed by atoms with Gasteiger partial charge in [0.2, 0.25) is 0 Å². The fraction of sp³-hybridized carbons (Fsp3) is 0.867. The Morgan fingerprint density at radius 1 is 1.05 bits per heavy atom. The number of hydrogen-bond acceptors (Lipinski definition) is 5. The third-order valence-corrected chi connectivity index (χ3v) is 5.76. The molecule has 3 aliphatic heterocycles. The van der Waals surface area contributed by atoms with Gasteiger partial charge in [0.25, 0.3) is 0 Å². The number of nitrogens with zero attached hydrogens (tertiary/aromatic N) is 4. The molecule has 108 valence electrons. The molecule has 0 aromatic carbocycles. The number of aromatic nitrogens is 2. The van der Waals surface area contributed by atoms with Crippen molar-refractivity contribution in [3.05, 3.63) is 5.82 Å². The summed E-state index contributed by atoms with van der Waals surface area (Å²) in [7, 11) is 0. The molecule has 0 radical (unpaired) electrons. The minimum absolute atomic E-state index is 0.587. The van der Waals surface area contributed by atoms with Crippen LogP contribution < -0.4 is 4.90 Å². The van der Waals surface area contributed by atoms with Gasteiger partial charge < -0.3 is 9.42 Å². The molecule has 3 atom stereocenters. The molecule has 0 amide bonds. The van der Waals surface area contributed by atoms with Crippen LogP contribution in [0.2, 0.25) is 0 Å². The fourth-order valence-corrected chi connectivity index (χ4v) is 4.57. The van der Waals surface area contributed by atoms with Crippen molar-refractivity contribution < 1.29 is 4.52 Å². The van der Waals surface area contributed by atoms with Gasteiger partial charge in [-0.3, -0.25) is 4.90 Å². The van der Waals surface area contributed by atoms with E-state index in [9.17, 15) is 0 Å². The Balaban J connectivity index is 1.33. The maximum Gasteiger partial charge on any atom is 0.324 e. The summed E-state index contributed by atoms with van der Waals surface area (Å²) in [5, 5.41) is 4.16. The lowest BCUT2D eigenvalue weighted by molar-refractivity contribution is 0.173. The minimum atomic E-state index is 0.587. The van der Waals surface area contributed by atoms with Crippen molar-refractivity contribution in [3.8, 4) is 0 Å². The highest BCUT2D eigenvalue weighted by Crippen LogP contribution is 2.42. The number of piperidine rings is 1. The number of rotatable bonds is 2. The van der Waals surface area contributed by atoms with Gasteiger partial charge in [-0.25, -0.2) is 0 Å². The van der Waals surface area contributed by atoms with Gasteiger partial charge >= 0.3 is 6.01 Å². The summed E-state index contributed by atoms with van der Waals surface area (Å²) in [6.07, 6.45) is 6.68. The highest BCUT2D eigenvalue weighted by atomic mass is 16.5. The lowest BCUT2D eigenvalue weighted by atomic mass is 9.90. The van der Waals surface area contributed by atoms with Crippen molar-refractivity contribution in [1.82, 2.24) is 15.0 Å². The van der Waals surface area contributed by atoms with Crippen molar-refractivity contribution in [1.29, 1.82) is 0 Å². The van der Waals surface area contributed by atoms with E-state index in [4.69, 9.17) is 4.52 Å². The van der Waals surface area contributed by atoms with Crippen LogP contribution >= 0.6 is 0 Å². The smallest absolute Gasteiger partial charge is 0.324 e. The highest BCUT2D eigenvalue weighted by Gasteiger charge is 2.48. The van der Waals surface area contributed by atoms with E-state index < -0.39 is 0 Å². The standard InChI is InChI=1S/C15H22N4O/c1-2-6-18-7-11-8-19(9-12(11)13(18)3-1)15-16-14(17-20-15)10-4-5-10/h10-13H,1-9H2. The van der Waals surface area contributed by atoms with Crippen LogP contribution in [0.1, 0.15) is 43.8 Å². The molecular formula is C15H22N4O. The molecule has 4 heterocycles. The molecule has 4 fully saturated rings. The fourth-order valence-electron chi connectivity index (χ4n) is 4.57. The second-order valence-corrected chi connectivity index (χ2v) is 7.10. The van der Waals surface area contributed by atoms with Crippen molar-refractivity contribution in [2.24, 2.45) is 11.8 Å². The normalized spacial score (nSPS) is 37.2. The van der Waals surface area contributed by atoms with E-state index >= 15 is 0 Å². The van der Waals surface area contributed by atoms with Gasteiger partial charge in [0.1, 0.15) is 0 Å². The van der Waals surface area contributed by atoms with Crippen molar-refractivity contribution in [2.45, 2.75) is 44.1 Å². The third kappa shape index (κ3) is 1.72. The molecule has 5 nitrogen and oxygen atoms in total. The second-order valence-electron chi connectivity index (χ2n) is 7.10. The van der Waals surface area contributed by atoms with Crippen molar-refractivity contribution >= 4 is 6.01 Å². The molecule has 5 rings (SSSR count). The predicted octanol–water partition coefficient (Wildman–Crippen LogP) is 1.87. The van der Waals surface area contributed by atoms with Crippen LogP contribution in [-0.2, 0) is 0 Å². The van der Waals surface area contributed by atoms with Crippen LogP contribution in [0.5, 0.6) is 0 Å². The van der Waals surface area contributed by atoms with E-state index in [1.807, 2.05) is 0 Å². The van der Waals surface area contributed by atoms with Crippen LogP contribution in [0.25, 0.3) is 0 Å². The molecule has 0 bridgehead atoms. The Morgan fingerprint density at radius 3 is 2.90 bits per heavy atom. The number of hydrogen-bond donors (Lipinski definition) is 0. The Kier molecular flexibility index (Phi) is 2.42. The van der Waals surface area contributed by atoms with Gasteiger partial charge in [0.05, 0.1) is 0 Å². The molecular weight excluding hydrogens is 252 g/mol. The van der Waals surface area contributed by atoms with E-state index in [1.165, 1.54) is 45.2 Å². The third-order valence-electron chi connectivity index (χ3n) is 5.76.